The standard InChI is InChI=1S/C16H15N3S/c1-2-12-6-3-4-8-14(12)18-16-19-15(11-20-16)13-7-5-9-17-10-13/h3-11H,2H2,1H3,(H,18,19)/p+1. The molecular weight excluding hydrogens is 266 g/mol. The van der Waals surface area contributed by atoms with E-state index in [0.717, 1.165) is 28.5 Å². The minimum atomic E-state index is 0.921. The molecule has 0 saturated heterocycles. The number of hydrogen-bond acceptors (Lipinski definition) is 3. The Labute approximate surface area is 122 Å². The van der Waals surface area contributed by atoms with Crippen LogP contribution < -0.4 is 10.3 Å². The highest BCUT2D eigenvalue weighted by Gasteiger charge is 2.07. The van der Waals surface area contributed by atoms with Crippen LogP contribution in [0.15, 0.2) is 54.2 Å². The van der Waals surface area contributed by atoms with E-state index in [1.807, 2.05) is 24.5 Å². The Bertz CT molecular complexity index is 692. The van der Waals surface area contributed by atoms with Gasteiger partial charge in [-0.15, -0.1) is 11.3 Å². The second-order valence-electron chi connectivity index (χ2n) is 4.47. The summed E-state index contributed by atoms with van der Waals surface area (Å²) in [5, 5.41) is 6.40. The zero-order valence-corrected chi connectivity index (χ0v) is 12.1. The van der Waals surface area contributed by atoms with Crippen LogP contribution in [0.4, 0.5) is 10.8 Å². The maximum Gasteiger partial charge on any atom is 0.187 e. The molecule has 0 radical (unpaired) electrons. The first-order chi connectivity index (χ1) is 9.86. The van der Waals surface area contributed by atoms with Crippen molar-refractivity contribution in [2.24, 2.45) is 0 Å². The van der Waals surface area contributed by atoms with Gasteiger partial charge in [0.2, 0.25) is 0 Å². The van der Waals surface area contributed by atoms with E-state index in [2.05, 4.69) is 51.9 Å². The highest BCUT2D eigenvalue weighted by Crippen LogP contribution is 2.27. The Morgan fingerprint density at radius 3 is 2.90 bits per heavy atom. The summed E-state index contributed by atoms with van der Waals surface area (Å²) in [6.45, 7) is 2.16. The van der Waals surface area contributed by atoms with Crippen LogP contribution in [0.25, 0.3) is 11.3 Å². The summed E-state index contributed by atoms with van der Waals surface area (Å²) in [4.78, 5) is 7.72. The number of nitrogens with one attached hydrogen (secondary N) is 2. The largest absolute Gasteiger partial charge is 0.331 e. The second-order valence-corrected chi connectivity index (χ2v) is 5.32. The minimum Gasteiger partial charge on any atom is -0.331 e. The molecule has 0 atom stereocenters. The molecule has 2 heterocycles. The second kappa shape index (κ2) is 5.84. The summed E-state index contributed by atoms with van der Waals surface area (Å²) in [6, 6.07) is 12.4. The van der Waals surface area contributed by atoms with Crippen LogP contribution in [-0.2, 0) is 6.42 Å². The number of rotatable bonds is 4. The SMILES string of the molecule is CCc1ccccc1Nc1nc(-c2ccc[nH+]c2)cs1. The van der Waals surface area contributed by atoms with Gasteiger partial charge >= 0.3 is 0 Å². The molecule has 0 aliphatic heterocycles. The zero-order valence-electron chi connectivity index (χ0n) is 11.3. The number of hydrogen-bond donors (Lipinski definition) is 1. The van der Waals surface area contributed by atoms with Gasteiger partial charge in [0, 0.05) is 17.1 Å². The van der Waals surface area contributed by atoms with Gasteiger partial charge in [-0.1, -0.05) is 25.1 Å². The maximum absolute atomic E-state index is 4.64. The number of pyridine rings is 1. The van der Waals surface area contributed by atoms with Gasteiger partial charge in [0.1, 0.15) is 0 Å². The molecule has 4 heteroatoms. The summed E-state index contributed by atoms with van der Waals surface area (Å²) in [5.74, 6) is 0. The topological polar surface area (TPSA) is 39.1 Å². The molecule has 0 aliphatic rings. The van der Waals surface area contributed by atoms with Crippen molar-refractivity contribution in [3.63, 3.8) is 0 Å². The molecule has 0 fully saturated rings. The molecule has 3 rings (SSSR count). The third kappa shape index (κ3) is 2.70. The first kappa shape index (κ1) is 12.8. The Kier molecular flexibility index (Phi) is 3.74. The van der Waals surface area contributed by atoms with E-state index in [4.69, 9.17) is 0 Å². The number of anilines is 2. The molecule has 0 bridgehead atoms. The summed E-state index contributed by atoms with van der Waals surface area (Å²) >= 11 is 1.62. The van der Waals surface area contributed by atoms with Gasteiger partial charge in [0.15, 0.2) is 17.5 Å². The van der Waals surface area contributed by atoms with Crippen molar-refractivity contribution >= 4 is 22.2 Å². The summed E-state index contributed by atoms with van der Waals surface area (Å²) in [7, 11) is 0. The highest BCUT2D eigenvalue weighted by atomic mass is 32.1. The molecule has 0 spiro atoms. The average molecular weight is 282 g/mol. The Hall–Kier alpha value is -2.20. The number of aryl methyl sites for hydroxylation is 1. The number of aromatic nitrogens is 2. The summed E-state index contributed by atoms with van der Waals surface area (Å²) in [5.41, 5.74) is 4.52. The van der Waals surface area contributed by atoms with Gasteiger partial charge < -0.3 is 5.32 Å². The molecule has 0 aliphatic carbocycles. The maximum atomic E-state index is 4.64. The van der Waals surface area contributed by atoms with Crippen molar-refractivity contribution < 1.29 is 4.98 Å². The normalized spacial score (nSPS) is 10.4. The van der Waals surface area contributed by atoms with Crippen LogP contribution in [0.2, 0.25) is 0 Å². The van der Waals surface area contributed by atoms with Crippen molar-refractivity contribution in [1.29, 1.82) is 0 Å². The molecule has 3 nitrogen and oxygen atoms in total. The Morgan fingerprint density at radius 1 is 1.20 bits per heavy atom. The van der Waals surface area contributed by atoms with Crippen LogP contribution in [0, 0.1) is 0 Å². The Morgan fingerprint density at radius 2 is 2.10 bits per heavy atom. The molecule has 100 valence electrons. The van der Waals surface area contributed by atoms with Gasteiger partial charge in [-0.05, 0) is 24.1 Å². The van der Waals surface area contributed by atoms with E-state index in [-0.39, 0.29) is 0 Å². The van der Waals surface area contributed by atoms with E-state index in [1.54, 1.807) is 11.3 Å². The van der Waals surface area contributed by atoms with Crippen molar-refractivity contribution in [1.82, 2.24) is 4.98 Å². The lowest BCUT2D eigenvalue weighted by Crippen LogP contribution is -1.98. The predicted molar refractivity (Wildman–Crippen MR) is 83.2 cm³/mol. The number of H-pyrrole nitrogens is 1. The smallest absolute Gasteiger partial charge is 0.187 e. The average Bonchev–Trinajstić information content (AvgIpc) is 2.97. The van der Waals surface area contributed by atoms with Crippen molar-refractivity contribution in [3.05, 3.63) is 59.7 Å². The van der Waals surface area contributed by atoms with Gasteiger partial charge in [-0.25, -0.2) is 9.97 Å². The lowest BCUT2D eigenvalue weighted by Gasteiger charge is -2.07. The molecular formula is C16H16N3S+. The molecule has 20 heavy (non-hydrogen) atoms. The molecule has 2 aromatic heterocycles. The van der Waals surface area contributed by atoms with Crippen molar-refractivity contribution in [2.75, 3.05) is 5.32 Å². The molecule has 0 saturated carbocycles. The van der Waals surface area contributed by atoms with Gasteiger partial charge in [-0.3, -0.25) is 0 Å². The lowest BCUT2D eigenvalue weighted by molar-refractivity contribution is -0.377. The van der Waals surface area contributed by atoms with Gasteiger partial charge in [0.05, 0.1) is 11.3 Å². The number of nitrogens with zero attached hydrogens (tertiary/aromatic N) is 1. The molecule has 0 unspecified atom stereocenters. The van der Waals surface area contributed by atoms with Crippen LogP contribution >= 0.6 is 11.3 Å². The number of thiazole rings is 1. The quantitative estimate of drug-likeness (QED) is 0.787. The first-order valence-electron chi connectivity index (χ1n) is 6.64. The van der Waals surface area contributed by atoms with Gasteiger partial charge in [0.25, 0.3) is 0 Å². The van der Waals surface area contributed by atoms with E-state index in [1.165, 1.54) is 5.56 Å². The third-order valence-electron chi connectivity index (χ3n) is 3.15. The van der Waals surface area contributed by atoms with E-state index in [0.29, 0.717) is 0 Å². The Balaban J connectivity index is 1.84. The van der Waals surface area contributed by atoms with E-state index >= 15 is 0 Å². The van der Waals surface area contributed by atoms with Crippen LogP contribution in [0.1, 0.15) is 12.5 Å². The lowest BCUT2D eigenvalue weighted by atomic mass is 10.1. The third-order valence-corrected chi connectivity index (χ3v) is 3.90. The van der Waals surface area contributed by atoms with Crippen molar-refractivity contribution in [3.8, 4) is 11.3 Å². The number of aromatic amines is 1. The molecule has 3 aromatic rings. The first-order valence-corrected chi connectivity index (χ1v) is 7.51. The van der Waals surface area contributed by atoms with Crippen LogP contribution in [0.3, 0.4) is 0 Å². The van der Waals surface area contributed by atoms with Gasteiger partial charge in [-0.2, -0.15) is 0 Å². The van der Waals surface area contributed by atoms with Crippen LogP contribution in [0.5, 0.6) is 0 Å². The zero-order chi connectivity index (χ0) is 13.8. The summed E-state index contributed by atoms with van der Waals surface area (Å²) < 4.78 is 0. The highest BCUT2D eigenvalue weighted by molar-refractivity contribution is 7.14. The van der Waals surface area contributed by atoms with E-state index < -0.39 is 0 Å². The fraction of sp³-hybridized carbons (Fsp3) is 0.125. The fourth-order valence-corrected chi connectivity index (χ4v) is 2.81. The molecule has 0 amide bonds. The van der Waals surface area contributed by atoms with Crippen molar-refractivity contribution in [2.45, 2.75) is 13.3 Å². The minimum absolute atomic E-state index is 0.921. The molecule has 2 N–H and O–H groups in total. The number of benzene rings is 1. The molecule has 1 aromatic carbocycles. The predicted octanol–water partition coefficient (Wildman–Crippen LogP) is 3.93. The number of para-hydroxylation sites is 1. The summed E-state index contributed by atoms with van der Waals surface area (Å²) in [6.07, 6.45) is 4.86. The monoisotopic (exact) mass is 282 g/mol. The van der Waals surface area contributed by atoms with E-state index in [9.17, 15) is 0 Å². The fourth-order valence-electron chi connectivity index (χ4n) is 2.08. The van der Waals surface area contributed by atoms with Crippen LogP contribution in [-0.4, -0.2) is 4.98 Å².